The molecule has 22 heavy (non-hydrogen) atoms. The van der Waals surface area contributed by atoms with Gasteiger partial charge in [-0.1, -0.05) is 30.3 Å². The summed E-state index contributed by atoms with van der Waals surface area (Å²) < 4.78 is 0. The zero-order chi connectivity index (χ0) is 15.5. The summed E-state index contributed by atoms with van der Waals surface area (Å²) in [5.41, 5.74) is 2.41. The second kappa shape index (κ2) is 6.05. The van der Waals surface area contributed by atoms with E-state index in [0.717, 1.165) is 17.7 Å². The van der Waals surface area contributed by atoms with Gasteiger partial charge in [0.1, 0.15) is 5.69 Å². The van der Waals surface area contributed by atoms with E-state index < -0.39 is 11.9 Å². The number of amides is 1. The smallest absolute Gasteiger partial charge is 0.308 e. The van der Waals surface area contributed by atoms with Crippen molar-refractivity contribution in [3.8, 4) is 11.3 Å². The first kappa shape index (κ1) is 14.4. The lowest BCUT2D eigenvalue weighted by Crippen LogP contribution is -2.42. The van der Waals surface area contributed by atoms with Gasteiger partial charge in [-0.05, 0) is 30.5 Å². The molecule has 0 spiro atoms. The number of carboxylic acid groups (broad SMARTS) is 1. The van der Waals surface area contributed by atoms with E-state index in [1.54, 1.807) is 11.0 Å². The van der Waals surface area contributed by atoms with Crippen molar-refractivity contribution in [3.63, 3.8) is 0 Å². The Bertz CT molecular complexity index is 678. The predicted molar refractivity (Wildman–Crippen MR) is 82.5 cm³/mol. The van der Waals surface area contributed by atoms with Gasteiger partial charge in [-0.25, -0.2) is 0 Å². The second-order valence-electron chi connectivity index (χ2n) is 5.58. The zero-order valence-electron chi connectivity index (χ0n) is 12.2. The van der Waals surface area contributed by atoms with Gasteiger partial charge in [0.25, 0.3) is 5.91 Å². The average Bonchev–Trinajstić information content (AvgIpc) is 3.05. The zero-order valence-corrected chi connectivity index (χ0v) is 12.2. The van der Waals surface area contributed by atoms with Crippen LogP contribution in [-0.2, 0) is 4.79 Å². The molecule has 1 saturated heterocycles. The number of carbonyl (C=O) groups excluding carboxylic acids is 1. The summed E-state index contributed by atoms with van der Waals surface area (Å²) >= 11 is 0. The Morgan fingerprint density at radius 1 is 1.14 bits per heavy atom. The summed E-state index contributed by atoms with van der Waals surface area (Å²) in [7, 11) is 0. The Labute approximate surface area is 128 Å². The minimum atomic E-state index is -0.825. The third kappa shape index (κ3) is 2.88. The van der Waals surface area contributed by atoms with E-state index in [9.17, 15) is 9.59 Å². The maximum absolute atomic E-state index is 12.5. The number of H-pyrrole nitrogens is 1. The lowest BCUT2D eigenvalue weighted by molar-refractivity contribution is -0.143. The second-order valence-corrected chi connectivity index (χ2v) is 5.58. The largest absolute Gasteiger partial charge is 0.481 e. The first-order valence-electron chi connectivity index (χ1n) is 7.41. The van der Waals surface area contributed by atoms with Crippen molar-refractivity contribution >= 4 is 11.9 Å². The van der Waals surface area contributed by atoms with Crippen LogP contribution in [0.25, 0.3) is 11.3 Å². The minimum absolute atomic E-state index is 0.131. The number of carbonyl (C=O) groups is 2. The van der Waals surface area contributed by atoms with Crippen LogP contribution < -0.4 is 0 Å². The van der Waals surface area contributed by atoms with Crippen LogP contribution in [0.15, 0.2) is 42.5 Å². The number of nitrogens with one attached hydrogen (secondary N) is 1. The lowest BCUT2D eigenvalue weighted by Gasteiger charge is -2.30. The molecule has 1 aliphatic rings. The molecule has 1 aromatic heterocycles. The molecule has 2 heterocycles. The molecule has 5 heteroatoms. The standard InChI is InChI=1S/C17H18N2O3/c20-16(19-10-4-7-13(11-19)17(21)22)15-9-8-14(18-15)12-5-2-1-3-6-12/h1-3,5-6,8-9,13,18H,4,7,10-11H2,(H,21,22). The van der Waals surface area contributed by atoms with Crippen LogP contribution in [0.1, 0.15) is 23.3 Å². The molecule has 3 rings (SSSR count). The predicted octanol–water partition coefficient (Wildman–Crippen LogP) is 2.62. The van der Waals surface area contributed by atoms with Crippen LogP contribution in [0, 0.1) is 5.92 Å². The van der Waals surface area contributed by atoms with Gasteiger partial charge in [-0.3, -0.25) is 9.59 Å². The van der Waals surface area contributed by atoms with E-state index in [2.05, 4.69) is 4.98 Å². The number of rotatable bonds is 3. The highest BCUT2D eigenvalue weighted by Gasteiger charge is 2.29. The summed E-state index contributed by atoms with van der Waals surface area (Å²) in [6, 6.07) is 13.4. The van der Waals surface area contributed by atoms with E-state index in [4.69, 9.17) is 5.11 Å². The third-order valence-electron chi connectivity index (χ3n) is 4.06. The summed E-state index contributed by atoms with van der Waals surface area (Å²) in [6.45, 7) is 0.899. The van der Waals surface area contributed by atoms with E-state index >= 15 is 0 Å². The summed E-state index contributed by atoms with van der Waals surface area (Å²) in [5.74, 6) is -1.41. The maximum atomic E-state index is 12.5. The Morgan fingerprint density at radius 3 is 2.64 bits per heavy atom. The Balaban J connectivity index is 1.76. The highest BCUT2D eigenvalue weighted by atomic mass is 16.4. The molecule has 1 aromatic carbocycles. The molecular weight excluding hydrogens is 280 g/mol. The normalized spacial score (nSPS) is 18.2. The average molecular weight is 298 g/mol. The van der Waals surface area contributed by atoms with Crippen molar-refractivity contribution in [2.45, 2.75) is 12.8 Å². The highest BCUT2D eigenvalue weighted by Crippen LogP contribution is 2.21. The topological polar surface area (TPSA) is 73.4 Å². The number of benzene rings is 1. The van der Waals surface area contributed by atoms with Crippen molar-refractivity contribution in [2.24, 2.45) is 5.92 Å². The van der Waals surface area contributed by atoms with Gasteiger partial charge in [0.2, 0.25) is 0 Å². The number of piperidine rings is 1. The fourth-order valence-corrected chi connectivity index (χ4v) is 2.84. The molecule has 0 radical (unpaired) electrons. The van der Waals surface area contributed by atoms with E-state index in [1.807, 2.05) is 36.4 Å². The molecule has 114 valence electrons. The van der Waals surface area contributed by atoms with Crippen molar-refractivity contribution in [1.82, 2.24) is 9.88 Å². The van der Waals surface area contributed by atoms with Gasteiger partial charge in [0.05, 0.1) is 5.92 Å². The number of likely N-dealkylation sites (tertiary alicyclic amines) is 1. The van der Waals surface area contributed by atoms with Gasteiger partial charge in [-0.2, -0.15) is 0 Å². The minimum Gasteiger partial charge on any atom is -0.481 e. The van der Waals surface area contributed by atoms with E-state index in [-0.39, 0.29) is 12.5 Å². The third-order valence-corrected chi connectivity index (χ3v) is 4.06. The van der Waals surface area contributed by atoms with Crippen LogP contribution in [0.5, 0.6) is 0 Å². The van der Waals surface area contributed by atoms with E-state index in [0.29, 0.717) is 18.7 Å². The van der Waals surface area contributed by atoms with Crippen LogP contribution in [0.4, 0.5) is 0 Å². The van der Waals surface area contributed by atoms with Gasteiger partial charge in [0, 0.05) is 18.8 Å². The SMILES string of the molecule is O=C(O)C1CCCN(C(=O)c2ccc(-c3ccccc3)[nH]2)C1. The Kier molecular flexibility index (Phi) is 3.96. The van der Waals surface area contributed by atoms with Crippen molar-refractivity contribution in [2.75, 3.05) is 13.1 Å². The molecule has 2 aromatic rings. The fourth-order valence-electron chi connectivity index (χ4n) is 2.84. The van der Waals surface area contributed by atoms with Gasteiger partial charge in [-0.15, -0.1) is 0 Å². The molecule has 0 bridgehead atoms. The number of aromatic amines is 1. The lowest BCUT2D eigenvalue weighted by atomic mass is 9.98. The van der Waals surface area contributed by atoms with Crippen LogP contribution >= 0.6 is 0 Å². The van der Waals surface area contributed by atoms with Crippen molar-refractivity contribution in [1.29, 1.82) is 0 Å². The molecule has 1 amide bonds. The molecule has 1 fully saturated rings. The monoisotopic (exact) mass is 298 g/mol. The van der Waals surface area contributed by atoms with Crippen molar-refractivity contribution < 1.29 is 14.7 Å². The Morgan fingerprint density at radius 2 is 1.91 bits per heavy atom. The first-order chi connectivity index (χ1) is 10.6. The van der Waals surface area contributed by atoms with Gasteiger partial charge in [0.15, 0.2) is 0 Å². The van der Waals surface area contributed by atoms with Crippen LogP contribution in [-0.4, -0.2) is 40.0 Å². The Hall–Kier alpha value is -2.56. The molecule has 1 aliphatic heterocycles. The quantitative estimate of drug-likeness (QED) is 0.914. The number of hydrogen-bond acceptors (Lipinski definition) is 2. The highest BCUT2D eigenvalue weighted by molar-refractivity contribution is 5.93. The maximum Gasteiger partial charge on any atom is 0.308 e. The number of hydrogen-bond donors (Lipinski definition) is 2. The summed E-state index contributed by atoms with van der Waals surface area (Å²) in [6.07, 6.45) is 1.37. The molecule has 0 aliphatic carbocycles. The number of nitrogens with zero attached hydrogens (tertiary/aromatic N) is 1. The van der Waals surface area contributed by atoms with Gasteiger partial charge >= 0.3 is 5.97 Å². The van der Waals surface area contributed by atoms with Crippen LogP contribution in [0.2, 0.25) is 0 Å². The molecule has 5 nitrogen and oxygen atoms in total. The molecule has 0 saturated carbocycles. The number of carboxylic acids is 1. The molecule has 1 unspecified atom stereocenters. The molecular formula is C17H18N2O3. The molecule has 1 atom stereocenters. The number of aliphatic carboxylic acids is 1. The first-order valence-corrected chi connectivity index (χ1v) is 7.41. The number of aromatic nitrogens is 1. The molecule has 2 N–H and O–H groups in total. The van der Waals surface area contributed by atoms with E-state index in [1.165, 1.54) is 0 Å². The van der Waals surface area contributed by atoms with Crippen LogP contribution in [0.3, 0.4) is 0 Å². The van der Waals surface area contributed by atoms with Gasteiger partial charge < -0.3 is 15.0 Å². The van der Waals surface area contributed by atoms with Crippen molar-refractivity contribution in [3.05, 3.63) is 48.2 Å². The summed E-state index contributed by atoms with van der Waals surface area (Å²) in [4.78, 5) is 28.4. The summed E-state index contributed by atoms with van der Waals surface area (Å²) in [5, 5.41) is 9.12. The fraction of sp³-hybridized carbons (Fsp3) is 0.294.